The number of hydrogen-bond donors (Lipinski definition) is 1. The summed E-state index contributed by atoms with van der Waals surface area (Å²) in [6.45, 7) is 0.962. The van der Waals surface area contributed by atoms with Gasteiger partial charge in [-0.2, -0.15) is 4.98 Å². The van der Waals surface area contributed by atoms with Crippen molar-refractivity contribution in [2.45, 2.75) is 6.42 Å². The number of nitrogens with one attached hydrogen (secondary N) is 1. The van der Waals surface area contributed by atoms with E-state index in [0.29, 0.717) is 11.7 Å². The maximum atomic E-state index is 12.9. The Morgan fingerprint density at radius 3 is 2.71 bits per heavy atom. The van der Waals surface area contributed by atoms with E-state index >= 15 is 0 Å². The summed E-state index contributed by atoms with van der Waals surface area (Å²) in [5.74, 6) is 0.654. The van der Waals surface area contributed by atoms with E-state index < -0.39 is 0 Å². The molecule has 0 unspecified atom stereocenters. The Morgan fingerprint density at radius 1 is 1.05 bits per heavy atom. The van der Waals surface area contributed by atoms with Crippen molar-refractivity contribution in [3.8, 4) is 22.8 Å². The number of halogens is 1. The summed E-state index contributed by atoms with van der Waals surface area (Å²) in [5, 5.41) is 7.27. The van der Waals surface area contributed by atoms with Gasteiger partial charge in [0.1, 0.15) is 5.82 Å². The average Bonchev–Trinajstić information content (AvgIpc) is 3.16. The number of rotatable bonds is 2. The quantitative estimate of drug-likeness (QED) is 0.781. The highest BCUT2D eigenvalue weighted by atomic mass is 19.1. The summed E-state index contributed by atoms with van der Waals surface area (Å²) in [6, 6.07) is 12.1. The summed E-state index contributed by atoms with van der Waals surface area (Å²) in [6.07, 6.45) is 1.00. The maximum absolute atomic E-state index is 12.9. The molecule has 1 aliphatic heterocycles. The van der Waals surface area contributed by atoms with Crippen molar-refractivity contribution in [1.29, 1.82) is 0 Å². The Hall–Kier alpha value is -2.69. The lowest BCUT2D eigenvalue weighted by Crippen LogP contribution is -1.90. The Labute approximate surface area is 120 Å². The Kier molecular flexibility index (Phi) is 2.70. The van der Waals surface area contributed by atoms with Crippen molar-refractivity contribution in [3.63, 3.8) is 0 Å². The molecule has 2 aromatic carbocycles. The van der Waals surface area contributed by atoms with Crippen molar-refractivity contribution in [2.75, 3.05) is 11.9 Å². The van der Waals surface area contributed by atoms with Crippen LogP contribution < -0.4 is 5.32 Å². The zero-order valence-corrected chi connectivity index (χ0v) is 11.1. The lowest BCUT2D eigenvalue weighted by atomic mass is 10.1. The Morgan fingerprint density at radius 2 is 1.86 bits per heavy atom. The number of nitrogens with zero attached hydrogens (tertiary/aromatic N) is 2. The van der Waals surface area contributed by atoms with Crippen LogP contribution in [-0.4, -0.2) is 16.7 Å². The zero-order valence-electron chi connectivity index (χ0n) is 11.1. The molecule has 0 spiro atoms. The molecule has 0 atom stereocenters. The molecule has 0 aliphatic carbocycles. The van der Waals surface area contributed by atoms with Crippen molar-refractivity contribution >= 4 is 5.69 Å². The largest absolute Gasteiger partial charge is 0.384 e. The van der Waals surface area contributed by atoms with Gasteiger partial charge in [-0.3, -0.25) is 0 Å². The zero-order chi connectivity index (χ0) is 14.2. The lowest BCUT2D eigenvalue weighted by molar-refractivity contribution is 0.432. The van der Waals surface area contributed by atoms with Crippen LogP contribution in [0, 0.1) is 5.82 Å². The third-order valence-corrected chi connectivity index (χ3v) is 3.59. The molecule has 1 N–H and O–H groups in total. The number of hydrogen-bond acceptors (Lipinski definition) is 4. The first-order chi connectivity index (χ1) is 10.3. The molecule has 21 heavy (non-hydrogen) atoms. The van der Waals surface area contributed by atoms with E-state index in [9.17, 15) is 4.39 Å². The highest BCUT2D eigenvalue weighted by molar-refractivity contribution is 5.66. The number of anilines is 1. The first-order valence-corrected chi connectivity index (χ1v) is 6.76. The summed E-state index contributed by atoms with van der Waals surface area (Å²) in [7, 11) is 0. The van der Waals surface area contributed by atoms with Gasteiger partial charge < -0.3 is 9.84 Å². The van der Waals surface area contributed by atoms with E-state index in [1.54, 1.807) is 12.1 Å². The van der Waals surface area contributed by atoms with Gasteiger partial charge in [0.25, 0.3) is 5.89 Å². The second kappa shape index (κ2) is 4.70. The molecule has 0 bridgehead atoms. The molecule has 1 aliphatic rings. The van der Waals surface area contributed by atoms with Gasteiger partial charge >= 0.3 is 0 Å². The number of benzene rings is 2. The van der Waals surface area contributed by atoms with Crippen LogP contribution in [0.15, 0.2) is 47.0 Å². The van der Waals surface area contributed by atoms with Gasteiger partial charge in [0.05, 0.1) is 0 Å². The fraction of sp³-hybridized carbons (Fsp3) is 0.125. The molecule has 2 heterocycles. The van der Waals surface area contributed by atoms with Gasteiger partial charge in [0.15, 0.2) is 0 Å². The SMILES string of the molecule is Fc1ccc(-c2noc(-c3ccc4c(c3)CCN4)n2)cc1. The molecular weight excluding hydrogens is 269 g/mol. The molecule has 3 aromatic rings. The molecule has 5 heteroatoms. The molecule has 0 amide bonds. The summed E-state index contributed by atoms with van der Waals surface area (Å²) >= 11 is 0. The van der Waals surface area contributed by atoms with Crippen LogP contribution in [0.2, 0.25) is 0 Å². The predicted octanol–water partition coefficient (Wildman–Crippen LogP) is 3.51. The maximum Gasteiger partial charge on any atom is 0.258 e. The molecular formula is C16H12FN3O. The van der Waals surface area contributed by atoms with Crippen molar-refractivity contribution < 1.29 is 8.91 Å². The lowest BCUT2D eigenvalue weighted by Gasteiger charge is -2.00. The van der Waals surface area contributed by atoms with E-state index in [0.717, 1.165) is 29.8 Å². The fourth-order valence-corrected chi connectivity index (χ4v) is 2.49. The van der Waals surface area contributed by atoms with E-state index in [1.807, 2.05) is 12.1 Å². The molecule has 0 saturated carbocycles. The second-order valence-corrected chi connectivity index (χ2v) is 4.98. The van der Waals surface area contributed by atoms with Crippen molar-refractivity contribution in [3.05, 3.63) is 53.8 Å². The van der Waals surface area contributed by atoms with Crippen LogP contribution in [0.1, 0.15) is 5.56 Å². The smallest absolute Gasteiger partial charge is 0.258 e. The van der Waals surface area contributed by atoms with Crippen molar-refractivity contribution in [1.82, 2.24) is 10.1 Å². The third-order valence-electron chi connectivity index (χ3n) is 3.59. The van der Waals surface area contributed by atoms with E-state index in [4.69, 9.17) is 4.52 Å². The minimum atomic E-state index is -0.284. The fourth-order valence-electron chi connectivity index (χ4n) is 2.49. The van der Waals surface area contributed by atoms with Crippen LogP contribution in [0.5, 0.6) is 0 Å². The van der Waals surface area contributed by atoms with Crippen molar-refractivity contribution in [2.24, 2.45) is 0 Å². The molecule has 4 nitrogen and oxygen atoms in total. The van der Waals surface area contributed by atoms with E-state index in [1.165, 1.54) is 17.7 Å². The molecule has 1 aromatic heterocycles. The summed E-state index contributed by atoms with van der Waals surface area (Å²) < 4.78 is 18.2. The first kappa shape index (κ1) is 12.1. The Bertz CT molecular complexity index is 796. The van der Waals surface area contributed by atoms with Crippen LogP contribution in [0.25, 0.3) is 22.8 Å². The minimum absolute atomic E-state index is 0.284. The molecule has 0 radical (unpaired) electrons. The van der Waals surface area contributed by atoms with Crippen LogP contribution in [0.3, 0.4) is 0 Å². The monoisotopic (exact) mass is 281 g/mol. The van der Waals surface area contributed by atoms with Gasteiger partial charge in [0, 0.05) is 23.4 Å². The van der Waals surface area contributed by atoms with Crippen LogP contribution in [-0.2, 0) is 6.42 Å². The summed E-state index contributed by atoms with van der Waals surface area (Å²) in [4.78, 5) is 4.39. The van der Waals surface area contributed by atoms with Gasteiger partial charge in [-0.25, -0.2) is 4.39 Å². The van der Waals surface area contributed by atoms with Crippen LogP contribution >= 0.6 is 0 Å². The first-order valence-electron chi connectivity index (χ1n) is 6.76. The normalized spacial score (nSPS) is 13.0. The molecule has 4 rings (SSSR count). The Balaban J connectivity index is 1.69. The van der Waals surface area contributed by atoms with Gasteiger partial charge in [-0.15, -0.1) is 0 Å². The van der Waals surface area contributed by atoms with Gasteiger partial charge in [0.2, 0.25) is 5.82 Å². The van der Waals surface area contributed by atoms with E-state index in [-0.39, 0.29) is 5.82 Å². The molecule has 0 fully saturated rings. The van der Waals surface area contributed by atoms with E-state index in [2.05, 4.69) is 21.5 Å². The van der Waals surface area contributed by atoms with Gasteiger partial charge in [-0.1, -0.05) is 5.16 Å². The summed E-state index contributed by atoms with van der Waals surface area (Å²) in [5.41, 5.74) is 4.05. The topological polar surface area (TPSA) is 51.0 Å². The second-order valence-electron chi connectivity index (χ2n) is 4.98. The predicted molar refractivity (Wildman–Crippen MR) is 77.3 cm³/mol. The molecule has 104 valence electrons. The number of fused-ring (bicyclic) bond motifs is 1. The average molecular weight is 281 g/mol. The van der Waals surface area contributed by atoms with Gasteiger partial charge in [-0.05, 0) is 54.4 Å². The standard InChI is InChI=1S/C16H12FN3O/c17-13-4-1-10(2-5-13)15-19-16(21-20-15)12-3-6-14-11(9-12)7-8-18-14/h1-6,9,18H,7-8H2. The minimum Gasteiger partial charge on any atom is -0.384 e. The highest BCUT2D eigenvalue weighted by Crippen LogP contribution is 2.28. The third kappa shape index (κ3) is 2.16. The van der Waals surface area contributed by atoms with Crippen LogP contribution in [0.4, 0.5) is 10.1 Å². The highest BCUT2D eigenvalue weighted by Gasteiger charge is 2.15. The molecule has 0 saturated heterocycles. The number of aromatic nitrogens is 2.